The third-order valence-electron chi connectivity index (χ3n) is 5.42. The first kappa shape index (κ1) is 16.4. The fourth-order valence-electron chi connectivity index (χ4n) is 4.12. The molecule has 2 atom stereocenters. The van der Waals surface area contributed by atoms with Crippen molar-refractivity contribution in [3.05, 3.63) is 30.6 Å². The summed E-state index contributed by atoms with van der Waals surface area (Å²) in [5.41, 5.74) is 2.72. The molecule has 6 heterocycles. The molecule has 0 radical (unpaired) electrons. The Balaban J connectivity index is 1.40. The second kappa shape index (κ2) is 6.41. The SMILES string of the molecule is COCCn1cnc2c(N3C4CC3CN(c3nccc(C)n3)C4)ncnc21. The Kier molecular flexibility index (Phi) is 3.89. The maximum Gasteiger partial charge on any atom is 0.225 e. The summed E-state index contributed by atoms with van der Waals surface area (Å²) in [5.74, 6) is 1.75. The summed E-state index contributed by atoms with van der Waals surface area (Å²) >= 11 is 0. The van der Waals surface area contributed by atoms with Crippen molar-refractivity contribution in [1.82, 2.24) is 29.5 Å². The molecular weight excluding hydrogens is 344 g/mol. The summed E-state index contributed by atoms with van der Waals surface area (Å²) in [6, 6.07) is 2.73. The first-order valence-corrected chi connectivity index (χ1v) is 9.22. The van der Waals surface area contributed by atoms with Gasteiger partial charge in [0.1, 0.15) is 6.33 Å². The van der Waals surface area contributed by atoms with E-state index in [9.17, 15) is 0 Å². The van der Waals surface area contributed by atoms with E-state index in [2.05, 4.69) is 34.7 Å². The van der Waals surface area contributed by atoms with Crippen molar-refractivity contribution in [2.24, 2.45) is 0 Å². The van der Waals surface area contributed by atoms with Gasteiger partial charge in [-0.2, -0.15) is 0 Å². The van der Waals surface area contributed by atoms with Crippen molar-refractivity contribution in [2.75, 3.05) is 36.6 Å². The molecule has 0 amide bonds. The van der Waals surface area contributed by atoms with E-state index in [1.165, 1.54) is 0 Å². The molecule has 3 aromatic heterocycles. The molecule has 0 aromatic carbocycles. The Labute approximate surface area is 157 Å². The van der Waals surface area contributed by atoms with E-state index < -0.39 is 0 Å². The standard InChI is InChI=1S/C18H22N8O/c1-12-3-4-19-18(23-12)25-8-13-7-14(9-25)26(13)17-15-16(20-10-21-17)24(11-22-15)5-6-27-2/h3-4,10-11,13-14H,5-9H2,1-2H3. The van der Waals surface area contributed by atoms with Crippen LogP contribution in [0.4, 0.5) is 11.8 Å². The number of rotatable bonds is 5. The van der Waals surface area contributed by atoms with Gasteiger partial charge in [-0.1, -0.05) is 0 Å². The Hall–Kier alpha value is -2.81. The predicted octanol–water partition coefficient (Wildman–Crippen LogP) is 1.04. The minimum Gasteiger partial charge on any atom is -0.383 e. The molecule has 9 nitrogen and oxygen atoms in total. The van der Waals surface area contributed by atoms with Crippen LogP contribution in [-0.2, 0) is 11.3 Å². The highest BCUT2D eigenvalue weighted by Gasteiger charge is 2.46. The van der Waals surface area contributed by atoms with Gasteiger partial charge >= 0.3 is 0 Å². The molecule has 9 heteroatoms. The molecule has 6 rings (SSSR count). The van der Waals surface area contributed by atoms with Crippen LogP contribution in [0.5, 0.6) is 0 Å². The predicted molar refractivity (Wildman–Crippen MR) is 101 cm³/mol. The number of aromatic nitrogens is 6. The van der Waals surface area contributed by atoms with Crippen LogP contribution in [0.15, 0.2) is 24.9 Å². The van der Waals surface area contributed by atoms with Crippen LogP contribution >= 0.6 is 0 Å². The van der Waals surface area contributed by atoms with Gasteiger partial charge in [-0.3, -0.25) is 0 Å². The van der Waals surface area contributed by atoms with Crippen molar-refractivity contribution < 1.29 is 4.74 Å². The number of anilines is 2. The Bertz CT molecular complexity index is 961. The Morgan fingerprint density at radius 1 is 1.15 bits per heavy atom. The van der Waals surface area contributed by atoms with E-state index in [0.29, 0.717) is 18.7 Å². The summed E-state index contributed by atoms with van der Waals surface area (Å²) in [5, 5.41) is 0. The van der Waals surface area contributed by atoms with Gasteiger partial charge in [0.05, 0.1) is 25.0 Å². The van der Waals surface area contributed by atoms with Crippen LogP contribution in [0.2, 0.25) is 0 Å². The average Bonchev–Trinajstić information content (AvgIpc) is 3.10. The lowest BCUT2D eigenvalue weighted by Crippen LogP contribution is -2.69. The third kappa shape index (κ3) is 2.69. The summed E-state index contributed by atoms with van der Waals surface area (Å²) < 4.78 is 7.20. The van der Waals surface area contributed by atoms with Gasteiger partial charge in [0.2, 0.25) is 5.95 Å². The molecule has 3 aromatic rings. The first-order valence-electron chi connectivity index (χ1n) is 9.22. The normalized spacial score (nSPS) is 21.6. The second-order valence-electron chi connectivity index (χ2n) is 7.15. The molecule has 27 heavy (non-hydrogen) atoms. The number of methoxy groups -OCH3 is 1. The van der Waals surface area contributed by atoms with Gasteiger partial charge in [0.25, 0.3) is 0 Å². The van der Waals surface area contributed by atoms with Crippen LogP contribution in [0, 0.1) is 6.92 Å². The quantitative estimate of drug-likeness (QED) is 0.662. The fourth-order valence-corrected chi connectivity index (χ4v) is 4.12. The largest absolute Gasteiger partial charge is 0.383 e. The highest BCUT2D eigenvalue weighted by molar-refractivity contribution is 5.84. The number of piperidine rings is 1. The summed E-state index contributed by atoms with van der Waals surface area (Å²) in [6.45, 7) is 5.16. The number of fused-ring (bicyclic) bond motifs is 3. The Morgan fingerprint density at radius 2 is 2.00 bits per heavy atom. The monoisotopic (exact) mass is 366 g/mol. The van der Waals surface area contributed by atoms with E-state index in [-0.39, 0.29) is 0 Å². The van der Waals surface area contributed by atoms with E-state index in [4.69, 9.17) is 4.74 Å². The number of hydrogen-bond acceptors (Lipinski definition) is 8. The molecule has 2 unspecified atom stereocenters. The van der Waals surface area contributed by atoms with Crippen LogP contribution in [-0.4, -0.2) is 68.4 Å². The van der Waals surface area contributed by atoms with Gasteiger partial charge in [-0.05, 0) is 19.4 Å². The van der Waals surface area contributed by atoms with E-state index in [1.54, 1.807) is 13.4 Å². The first-order chi connectivity index (χ1) is 13.2. The molecule has 2 bridgehead atoms. The summed E-state index contributed by atoms with van der Waals surface area (Å²) in [4.78, 5) is 27.3. The average molecular weight is 366 g/mol. The molecule has 3 saturated heterocycles. The zero-order chi connectivity index (χ0) is 18.4. The van der Waals surface area contributed by atoms with Crippen molar-refractivity contribution >= 4 is 22.9 Å². The molecule has 3 aliphatic heterocycles. The molecule has 0 aliphatic carbocycles. The number of imidazole rings is 1. The van der Waals surface area contributed by atoms with Crippen molar-refractivity contribution in [1.29, 1.82) is 0 Å². The lowest BCUT2D eigenvalue weighted by atomic mass is 9.87. The number of nitrogens with zero attached hydrogens (tertiary/aromatic N) is 8. The molecule has 3 aliphatic rings. The summed E-state index contributed by atoms with van der Waals surface area (Å²) in [6.07, 6.45) is 6.46. The highest BCUT2D eigenvalue weighted by Crippen LogP contribution is 2.39. The van der Waals surface area contributed by atoms with Gasteiger partial charge < -0.3 is 19.1 Å². The van der Waals surface area contributed by atoms with E-state index in [0.717, 1.165) is 54.7 Å². The van der Waals surface area contributed by atoms with Crippen molar-refractivity contribution in [3.8, 4) is 0 Å². The van der Waals surface area contributed by atoms with Crippen LogP contribution < -0.4 is 9.80 Å². The number of hydrogen-bond donors (Lipinski definition) is 0. The third-order valence-corrected chi connectivity index (χ3v) is 5.42. The summed E-state index contributed by atoms with van der Waals surface area (Å²) in [7, 11) is 1.70. The Morgan fingerprint density at radius 3 is 2.78 bits per heavy atom. The second-order valence-corrected chi connectivity index (χ2v) is 7.15. The maximum absolute atomic E-state index is 5.18. The lowest BCUT2D eigenvalue weighted by molar-refractivity contribution is 0.188. The minimum absolute atomic E-state index is 0.398. The van der Waals surface area contributed by atoms with Gasteiger partial charge in [0.15, 0.2) is 17.0 Å². The van der Waals surface area contributed by atoms with Crippen molar-refractivity contribution in [2.45, 2.75) is 32.0 Å². The minimum atomic E-state index is 0.398. The molecule has 0 saturated carbocycles. The van der Waals surface area contributed by atoms with Gasteiger partial charge in [0, 0.05) is 38.6 Å². The molecular formula is C18H22N8O. The number of aryl methyl sites for hydroxylation is 1. The van der Waals surface area contributed by atoms with Gasteiger partial charge in [-0.25, -0.2) is 24.9 Å². The molecule has 140 valence electrons. The lowest BCUT2D eigenvalue weighted by Gasteiger charge is -2.56. The zero-order valence-corrected chi connectivity index (χ0v) is 15.5. The topological polar surface area (TPSA) is 85.1 Å². The molecule has 0 N–H and O–H groups in total. The van der Waals surface area contributed by atoms with Crippen molar-refractivity contribution in [3.63, 3.8) is 0 Å². The van der Waals surface area contributed by atoms with E-state index >= 15 is 0 Å². The number of piperazine rings is 1. The zero-order valence-electron chi connectivity index (χ0n) is 15.5. The maximum atomic E-state index is 5.18. The smallest absolute Gasteiger partial charge is 0.225 e. The highest BCUT2D eigenvalue weighted by atomic mass is 16.5. The molecule has 3 fully saturated rings. The van der Waals surface area contributed by atoms with Crippen LogP contribution in [0.3, 0.4) is 0 Å². The number of ether oxygens (including phenoxy) is 1. The van der Waals surface area contributed by atoms with E-state index in [1.807, 2.05) is 30.1 Å². The van der Waals surface area contributed by atoms with Crippen LogP contribution in [0.1, 0.15) is 12.1 Å². The van der Waals surface area contributed by atoms with Gasteiger partial charge in [-0.15, -0.1) is 0 Å². The molecule has 0 spiro atoms. The fraction of sp³-hybridized carbons (Fsp3) is 0.500. The van der Waals surface area contributed by atoms with Crippen LogP contribution in [0.25, 0.3) is 11.2 Å².